The quantitative estimate of drug-likeness (QED) is 0.777. The first-order valence-corrected chi connectivity index (χ1v) is 5.29. The van der Waals surface area contributed by atoms with Gasteiger partial charge in [-0.2, -0.15) is 0 Å². The summed E-state index contributed by atoms with van der Waals surface area (Å²) in [5, 5.41) is 3.19. The van der Waals surface area contributed by atoms with E-state index >= 15 is 0 Å². The van der Waals surface area contributed by atoms with E-state index in [1.54, 1.807) is 0 Å². The van der Waals surface area contributed by atoms with Gasteiger partial charge in [0.1, 0.15) is 0 Å². The first kappa shape index (κ1) is 11.2. The smallest absolute Gasteiger partial charge is 0.0948 e. The lowest BCUT2D eigenvalue weighted by molar-refractivity contribution is 0.450. The Kier molecular flexibility index (Phi) is 4.14. The molecule has 3 heteroatoms. The van der Waals surface area contributed by atoms with Crippen LogP contribution >= 0.6 is 0 Å². The summed E-state index contributed by atoms with van der Waals surface area (Å²) in [6.45, 7) is 8.76. The second-order valence-corrected chi connectivity index (χ2v) is 4.29. The summed E-state index contributed by atoms with van der Waals surface area (Å²) in [5.41, 5.74) is 1.33. The lowest BCUT2D eigenvalue weighted by Gasteiger charge is -2.15. The minimum Gasteiger partial charge on any atom is -0.334 e. The SMILES string of the molecule is CNCC(C)Cn1cncc1C(C)C. The van der Waals surface area contributed by atoms with Crippen LogP contribution in [0.25, 0.3) is 0 Å². The minimum atomic E-state index is 0.555. The monoisotopic (exact) mass is 195 g/mol. The van der Waals surface area contributed by atoms with Crippen molar-refractivity contribution in [1.29, 1.82) is 0 Å². The highest BCUT2D eigenvalue weighted by atomic mass is 15.1. The van der Waals surface area contributed by atoms with Crippen molar-refractivity contribution < 1.29 is 0 Å². The summed E-state index contributed by atoms with van der Waals surface area (Å²) in [4.78, 5) is 4.20. The van der Waals surface area contributed by atoms with Crippen LogP contribution in [0.1, 0.15) is 32.4 Å². The lowest BCUT2D eigenvalue weighted by Crippen LogP contribution is -2.21. The molecule has 1 atom stereocenters. The Bertz CT molecular complexity index is 265. The first-order valence-electron chi connectivity index (χ1n) is 5.29. The van der Waals surface area contributed by atoms with Crippen molar-refractivity contribution in [2.75, 3.05) is 13.6 Å². The predicted molar refractivity (Wildman–Crippen MR) is 59.4 cm³/mol. The molecule has 0 aliphatic carbocycles. The summed E-state index contributed by atoms with van der Waals surface area (Å²) in [7, 11) is 1.99. The van der Waals surface area contributed by atoms with Crippen LogP contribution in [-0.4, -0.2) is 23.1 Å². The van der Waals surface area contributed by atoms with Gasteiger partial charge >= 0.3 is 0 Å². The third-order valence-corrected chi connectivity index (χ3v) is 2.40. The maximum absolute atomic E-state index is 4.20. The zero-order valence-corrected chi connectivity index (χ0v) is 9.62. The molecule has 0 aliphatic heterocycles. The zero-order chi connectivity index (χ0) is 10.6. The fraction of sp³-hybridized carbons (Fsp3) is 0.727. The molecular weight excluding hydrogens is 174 g/mol. The van der Waals surface area contributed by atoms with Gasteiger partial charge in [-0.3, -0.25) is 0 Å². The van der Waals surface area contributed by atoms with E-state index in [4.69, 9.17) is 0 Å². The van der Waals surface area contributed by atoms with E-state index in [1.807, 2.05) is 19.6 Å². The molecule has 1 N–H and O–H groups in total. The number of rotatable bonds is 5. The third-order valence-electron chi connectivity index (χ3n) is 2.40. The molecule has 0 radical (unpaired) electrons. The Hall–Kier alpha value is -0.830. The summed E-state index contributed by atoms with van der Waals surface area (Å²) in [6.07, 6.45) is 3.90. The molecule has 0 aromatic carbocycles. The van der Waals surface area contributed by atoms with Gasteiger partial charge < -0.3 is 9.88 Å². The van der Waals surface area contributed by atoms with Crippen molar-refractivity contribution in [1.82, 2.24) is 14.9 Å². The van der Waals surface area contributed by atoms with Crippen molar-refractivity contribution in [2.24, 2.45) is 5.92 Å². The van der Waals surface area contributed by atoms with Gasteiger partial charge in [0.2, 0.25) is 0 Å². The zero-order valence-electron chi connectivity index (χ0n) is 9.62. The van der Waals surface area contributed by atoms with Crippen LogP contribution in [0.15, 0.2) is 12.5 Å². The van der Waals surface area contributed by atoms with Crippen LogP contribution in [0.5, 0.6) is 0 Å². The van der Waals surface area contributed by atoms with E-state index in [9.17, 15) is 0 Å². The van der Waals surface area contributed by atoms with Crippen molar-refractivity contribution in [3.8, 4) is 0 Å². The van der Waals surface area contributed by atoms with Gasteiger partial charge in [-0.25, -0.2) is 4.98 Å². The molecule has 0 amide bonds. The molecule has 80 valence electrons. The van der Waals surface area contributed by atoms with E-state index in [2.05, 4.69) is 35.6 Å². The predicted octanol–water partition coefficient (Wildman–Crippen LogP) is 1.86. The Morgan fingerprint density at radius 1 is 1.43 bits per heavy atom. The molecule has 0 spiro atoms. The number of nitrogens with one attached hydrogen (secondary N) is 1. The third kappa shape index (κ3) is 2.84. The van der Waals surface area contributed by atoms with Gasteiger partial charge in [-0.1, -0.05) is 20.8 Å². The van der Waals surface area contributed by atoms with E-state index in [1.165, 1.54) is 5.69 Å². The Balaban J connectivity index is 2.61. The molecule has 0 bridgehead atoms. The minimum absolute atomic E-state index is 0.555. The van der Waals surface area contributed by atoms with Crippen LogP contribution in [0, 0.1) is 5.92 Å². The fourth-order valence-corrected chi connectivity index (χ4v) is 1.71. The van der Waals surface area contributed by atoms with E-state index in [-0.39, 0.29) is 0 Å². The highest BCUT2D eigenvalue weighted by Crippen LogP contribution is 2.14. The average Bonchev–Trinajstić information content (AvgIpc) is 2.52. The molecule has 1 heterocycles. The van der Waals surface area contributed by atoms with Gasteiger partial charge in [-0.15, -0.1) is 0 Å². The molecule has 0 fully saturated rings. The summed E-state index contributed by atoms with van der Waals surface area (Å²) < 4.78 is 2.26. The first-order chi connectivity index (χ1) is 6.65. The van der Waals surface area contributed by atoms with Gasteiger partial charge in [0.05, 0.1) is 6.33 Å². The van der Waals surface area contributed by atoms with Gasteiger partial charge in [-0.05, 0) is 25.4 Å². The normalized spacial score (nSPS) is 13.5. The van der Waals surface area contributed by atoms with Gasteiger partial charge in [0.25, 0.3) is 0 Å². The van der Waals surface area contributed by atoms with Crippen molar-refractivity contribution in [2.45, 2.75) is 33.2 Å². The molecule has 0 saturated heterocycles. The van der Waals surface area contributed by atoms with E-state index in [0.717, 1.165) is 13.1 Å². The highest BCUT2D eigenvalue weighted by Gasteiger charge is 2.08. The molecule has 1 aromatic rings. The molecular formula is C11H21N3. The van der Waals surface area contributed by atoms with Crippen molar-refractivity contribution in [3.05, 3.63) is 18.2 Å². The number of hydrogen-bond acceptors (Lipinski definition) is 2. The van der Waals surface area contributed by atoms with Gasteiger partial charge in [0, 0.05) is 18.4 Å². The molecule has 0 aliphatic rings. The summed E-state index contributed by atoms with van der Waals surface area (Å²) in [5.74, 6) is 1.20. The highest BCUT2D eigenvalue weighted by molar-refractivity contribution is 5.03. The standard InChI is InChI=1S/C11H21N3/c1-9(2)11-6-13-8-14(11)7-10(3)5-12-4/h6,8-10,12H,5,7H2,1-4H3. The van der Waals surface area contributed by atoms with Crippen LogP contribution < -0.4 is 5.32 Å². The Labute approximate surface area is 86.5 Å². The molecule has 1 unspecified atom stereocenters. The van der Waals surface area contributed by atoms with Gasteiger partial charge in [0.15, 0.2) is 0 Å². The summed E-state index contributed by atoms with van der Waals surface area (Å²) >= 11 is 0. The lowest BCUT2D eigenvalue weighted by atomic mass is 10.1. The molecule has 1 aromatic heterocycles. The fourth-order valence-electron chi connectivity index (χ4n) is 1.71. The molecule has 3 nitrogen and oxygen atoms in total. The topological polar surface area (TPSA) is 29.9 Å². The largest absolute Gasteiger partial charge is 0.334 e. The average molecular weight is 195 g/mol. The molecule has 1 rings (SSSR count). The summed E-state index contributed by atoms with van der Waals surface area (Å²) in [6, 6.07) is 0. The van der Waals surface area contributed by atoms with Crippen LogP contribution in [0.4, 0.5) is 0 Å². The maximum atomic E-state index is 4.20. The number of hydrogen-bond donors (Lipinski definition) is 1. The molecule has 0 saturated carbocycles. The van der Waals surface area contributed by atoms with Crippen molar-refractivity contribution >= 4 is 0 Å². The molecule has 14 heavy (non-hydrogen) atoms. The second kappa shape index (κ2) is 5.15. The van der Waals surface area contributed by atoms with Crippen molar-refractivity contribution in [3.63, 3.8) is 0 Å². The van der Waals surface area contributed by atoms with E-state index < -0.39 is 0 Å². The number of aromatic nitrogens is 2. The number of imidazole rings is 1. The van der Waals surface area contributed by atoms with E-state index in [0.29, 0.717) is 11.8 Å². The number of nitrogens with zero attached hydrogens (tertiary/aromatic N) is 2. The second-order valence-electron chi connectivity index (χ2n) is 4.29. The Morgan fingerprint density at radius 2 is 2.14 bits per heavy atom. The van der Waals surface area contributed by atoms with Crippen LogP contribution in [0.2, 0.25) is 0 Å². The van der Waals surface area contributed by atoms with Crippen LogP contribution in [0.3, 0.4) is 0 Å². The maximum Gasteiger partial charge on any atom is 0.0948 e. The Morgan fingerprint density at radius 3 is 2.71 bits per heavy atom. The van der Waals surface area contributed by atoms with Crippen LogP contribution in [-0.2, 0) is 6.54 Å².